The molecule has 0 heterocycles. The number of hydrogen-bond acceptors (Lipinski definition) is 8. The lowest BCUT2D eigenvalue weighted by Crippen LogP contribution is -2.29. The van der Waals surface area contributed by atoms with E-state index in [9.17, 15) is 19.0 Å². The second kappa shape index (κ2) is 66.1. The quantitative estimate of drug-likeness (QED) is 0.0264. The van der Waals surface area contributed by atoms with Crippen LogP contribution in [0.15, 0.2) is 97.2 Å². The largest absolute Gasteiger partial charge is 0.472 e. The summed E-state index contributed by atoms with van der Waals surface area (Å²) in [6.07, 6.45) is 89.2. The number of nitrogens with two attached hydrogens (primary N) is 1. The third-order valence-corrected chi connectivity index (χ3v) is 15.4. The van der Waals surface area contributed by atoms with Crippen molar-refractivity contribution in [3.63, 3.8) is 0 Å². The van der Waals surface area contributed by atoms with E-state index in [0.29, 0.717) is 6.42 Å². The van der Waals surface area contributed by atoms with Gasteiger partial charge in [-0.2, -0.15) is 0 Å². The first-order valence-electron chi connectivity index (χ1n) is 33.7. The lowest BCUT2D eigenvalue weighted by Gasteiger charge is -2.19. The highest BCUT2D eigenvalue weighted by Gasteiger charge is 2.26. The Morgan fingerprint density at radius 2 is 0.642 bits per heavy atom. The monoisotopic (exact) mass is 1150 g/mol. The van der Waals surface area contributed by atoms with Gasteiger partial charge in [0.05, 0.1) is 13.2 Å². The number of phosphoric ester groups is 1. The van der Waals surface area contributed by atoms with Crippen molar-refractivity contribution < 1.29 is 37.6 Å². The Morgan fingerprint density at radius 3 is 0.951 bits per heavy atom. The van der Waals surface area contributed by atoms with Gasteiger partial charge >= 0.3 is 19.8 Å². The molecule has 0 aromatic carbocycles. The third kappa shape index (κ3) is 65.9. The Kier molecular flexibility index (Phi) is 63.6. The van der Waals surface area contributed by atoms with Gasteiger partial charge in [-0.15, -0.1) is 0 Å². The van der Waals surface area contributed by atoms with Crippen molar-refractivity contribution in [1.29, 1.82) is 0 Å². The zero-order chi connectivity index (χ0) is 58.7. The zero-order valence-electron chi connectivity index (χ0n) is 52.5. The van der Waals surface area contributed by atoms with Crippen molar-refractivity contribution in [1.82, 2.24) is 0 Å². The predicted molar refractivity (Wildman–Crippen MR) is 348 cm³/mol. The SMILES string of the molecule is CC/C=C\C/C=C\C/C=C\C/C=C\CCCCCCCCCCCCCCCCCCCCC(=O)OC(COC(=O)CCCCCCCCCCCCCCCCCC/C=C\C/C=C\C/C=C\C/C=C\CC)COP(=O)(O)OCCN. The van der Waals surface area contributed by atoms with Crippen LogP contribution < -0.4 is 5.73 Å². The van der Waals surface area contributed by atoms with E-state index in [-0.39, 0.29) is 38.6 Å². The van der Waals surface area contributed by atoms with Gasteiger partial charge in [-0.25, -0.2) is 4.57 Å². The Morgan fingerprint density at radius 1 is 0.370 bits per heavy atom. The smallest absolute Gasteiger partial charge is 0.462 e. The fourth-order valence-corrected chi connectivity index (χ4v) is 10.3. The Hall–Kier alpha value is -3.07. The summed E-state index contributed by atoms with van der Waals surface area (Å²) in [4.78, 5) is 35.3. The van der Waals surface area contributed by atoms with E-state index < -0.39 is 26.5 Å². The molecule has 0 amide bonds. The van der Waals surface area contributed by atoms with Crippen LogP contribution in [0.3, 0.4) is 0 Å². The van der Waals surface area contributed by atoms with Crippen molar-refractivity contribution in [2.24, 2.45) is 5.73 Å². The molecule has 0 rings (SSSR count). The molecular weight excluding hydrogens is 1030 g/mol. The predicted octanol–water partition coefficient (Wildman–Crippen LogP) is 22.0. The number of ether oxygens (including phenoxy) is 2. The minimum atomic E-state index is -4.39. The van der Waals surface area contributed by atoms with Crippen LogP contribution in [0.25, 0.3) is 0 Å². The molecule has 0 aliphatic carbocycles. The number of allylic oxidation sites excluding steroid dienone is 16. The summed E-state index contributed by atoms with van der Waals surface area (Å²) in [5.74, 6) is -0.817. The molecule has 0 saturated carbocycles. The Balaban J connectivity index is 3.87. The van der Waals surface area contributed by atoms with Gasteiger partial charge in [-0.3, -0.25) is 18.6 Å². The van der Waals surface area contributed by atoms with Gasteiger partial charge in [-0.1, -0.05) is 304 Å². The summed E-state index contributed by atoms with van der Waals surface area (Å²) in [7, 11) is -4.39. The topological polar surface area (TPSA) is 134 Å². The second-order valence-electron chi connectivity index (χ2n) is 22.3. The van der Waals surface area contributed by atoms with Crippen LogP contribution in [0.2, 0.25) is 0 Å². The highest BCUT2D eigenvalue weighted by molar-refractivity contribution is 7.47. The van der Waals surface area contributed by atoms with Crippen molar-refractivity contribution in [3.05, 3.63) is 97.2 Å². The van der Waals surface area contributed by atoms with Crippen molar-refractivity contribution in [2.75, 3.05) is 26.4 Å². The molecule has 0 fully saturated rings. The van der Waals surface area contributed by atoms with Gasteiger partial charge in [0.1, 0.15) is 6.61 Å². The average Bonchev–Trinajstić information content (AvgIpc) is 3.46. The highest BCUT2D eigenvalue weighted by Crippen LogP contribution is 2.43. The standard InChI is InChI=1S/C71H126NO8P/c1-3-5-7-9-11-13-15-17-19-21-23-25-27-29-31-33-34-36-38-40-42-44-46-48-50-52-54-56-58-60-62-64-71(74)80-69(68-79-81(75,76)78-66-65-72)67-77-70(73)63-61-59-57-55-53-51-49-47-45-43-41-39-37-35-32-30-28-26-24-22-20-18-16-14-12-10-8-6-4-2/h5-8,11-14,17-20,23-26,69H,3-4,9-10,15-16,21-22,27-68,72H2,1-2H3,(H,75,76)/b7-5-,8-6-,13-11-,14-12-,19-17-,20-18-,25-23-,26-24-. The molecule has 10 heteroatoms. The summed E-state index contributed by atoms with van der Waals surface area (Å²) in [5, 5.41) is 0. The number of hydrogen-bond donors (Lipinski definition) is 2. The first kappa shape index (κ1) is 77.9. The van der Waals surface area contributed by atoms with Gasteiger partial charge in [-0.05, 0) is 89.9 Å². The maximum absolute atomic E-state index is 12.8. The average molecular weight is 1150 g/mol. The van der Waals surface area contributed by atoms with Gasteiger partial charge in [0.2, 0.25) is 0 Å². The molecule has 0 radical (unpaired) electrons. The number of rotatable bonds is 63. The Bertz CT molecular complexity index is 1650. The summed E-state index contributed by atoms with van der Waals surface area (Å²) < 4.78 is 33.2. The van der Waals surface area contributed by atoms with Gasteiger partial charge in [0, 0.05) is 19.4 Å². The van der Waals surface area contributed by atoms with E-state index in [2.05, 4.69) is 111 Å². The number of phosphoric acid groups is 1. The van der Waals surface area contributed by atoms with E-state index in [0.717, 1.165) is 89.9 Å². The molecule has 0 aliphatic rings. The van der Waals surface area contributed by atoms with E-state index in [1.165, 1.54) is 186 Å². The fourth-order valence-electron chi connectivity index (χ4n) is 9.56. The minimum Gasteiger partial charge on any atom is -0.462 e. The molecule has 0 aliphatic heterocycles. The molecule has 0 saturated heterocycles. The van der Waals surface area contributed by atoms with E-state index in [4.69, 9.17) is 24.3 Å². The van der Waals surface area contributed by atoms with E-state index >= 15 is 0 Å². The molecule has 2 unspecified atom stereocenters. The van der Waals surface area contributed by atoms with Crippen LogP contribution in [0.5, 0.6) is 0 Å². The van der Waals surface area contributed by atoms with Crippen LogP contribution in [-0.4, -0.2) is 49.3 Å². The summed E-state index contributed by atoms with van der Waals surface area (Å²) in [5.41, 5.74) is 5.40. The lowest BCUT2D eigenvalue weighted by molar-refractivity contribution is -0.161. The maximum atomic E-state index is 12.8. The first-order valence-corrected chi connectivity index (χ1v) is 35.2. The van der Waals surface area contributed by atoms with E-state index in [1.807, 2.05) is 0 Å². The van der Waals surface area contributed by atoms with E-state index in [1.54, 1.807) is 0 Å². The first-order chi connectivity index (χ1) is 39.8. The number of esters is 2. The van der Waals surface area contributed by atoms with Gasteiger partial charge in [0.25, 0.3) is 0 Å². The fraction of sp³-hybridized carbons (Fsp3) is 0.746. The zero-order valence-corrected chi connectivity index (χ0v) is 53.4. The van der Waals surface area contributed by atoms with Crippen LogP contribution in [0.4, 0.5) is 0 Å². The van der Waals surface area contributed by atoms with Crippen LogP contribution >= 0.6 is 7.82 Å². The molecule has 2 atom stereocenters. The third-order valence-electron chi connectivity index (χ3n) is 14.5. The molecular formula is C71H126NO8P. The molecule has 0 spiro atoms. The highest BCUT2D eigenvalue weighted by atomic mass is 31.2. The number of carbonyl (C=O) groups excluding carboxylic acids is 2. The van der Waals surface area contributed by atoms with Crippen molar-refractivity contribution in [3.8, 4) is 0 Å². The Labute approximate surface area is 499 Å². The molecule has 468 valence electrons. The number of carbonyl (C=O) groups is 2. The molecule has 81 heavy (non-hydrogen) atoms. The minimum absolute atomic E-state index is 0.0520. The summed E-state index contributed by atoms with van der Waals surface area (Å²) >= 11 is 0. The van der Waals surface area contributed by atoms with Gasteiger partial charge < -0.3 is 20.1 Å². The molecule has 0 bridgehead atoms. The van der Waals surface area contributed by atoms with Gasteiger partial charge in [0.15, 0.2) is 6.10 Å². The van der Waals surface area contributed by atoms with Crippen LogP contribution in [0, 0.1) is 0 Å². The normalized spacial score (nSPS) is 13.6. The van der Waals surface area contributed by atoms with Crippen LogP contribution in [-0.2, 0) is 32.7 Å². The maximum Gasteiger partial charge on any atom is 0.472 e. The molecule has 3 N–H and O–H groups in total. The van der Waals surface area contributed by atoms with Crippen LogP contribution in [0.1, 0.15) is 309 Å². The lowest BCUT2D eigenvalue weighted by atomic mass is 10.0. The molecule has 0 aromatic heterocycles. The van der Waals surface area contributed by atoms with Crippen molar-refractivity contribution in [2.45, 2.75) is 315 Å². The van der Waals surface area contributed by atoms with Crippen molar-refractivity contribution >= 4 is 19.8 Å². The molecule has 9 nitrogen and oxygen atoms in total. The summed E-state index contributed by atoms with van der Waals surface area (Å²) in [6.45, 7) is 3.56. The molecule has 0 aromatic rings. The number of unbranched alkanes of at least 4 members (excludes halogenated alkanes) is 34. The second-order valence-corrected chi connectivity index (χ2v) is 23.7. The summed E-state index contributed by atoms with van der Waals surface area (Å²) in [6, 6.07) is 0.